The average molecular weight is 295 g/mol. The summed E-state index contributed by atoms with van der Waals surface area (Å²) in [5.74, 6) is 0. The Labute approximate surface area is 135 Å². The van der Waals surface area contributed by atoms with Crippen molar-refractivity contribution < 1.29 is 0 Å². The van der Waals surface area contributed by atoms with Crippen molar-refractivity contribution in [1.29, 1.82) is 0 Å². The summed E-state index contributed by atoms with van der Waals surface area (Å²) in [5.41, 5.74) is 2.65. The number of nitrogens with zero attached hydrogens (tertiary/aromatic N) is 1. The van der Waals surface area contributed by atoms with Gasteiger partial charge in [0, 0.05) is 16.3 Å². The molecule has 0 saturated carbocycles. The van der Waals surface area contributed by atoms with Crippen molar-refractivity contribution in [2.24, 2.45) is 0 Å². The molecule has 1 nitrogen and oxygen atoms in total. The van der Waals surface area contributed by atoms with E-state index < -0.39 is 0 Å². The molecule has 1 unspecified atom stereocenters. The van der Waals surface area contributed by atoms with Gasteiger partial charge >= 0.3 is 0 Å². The van der Waals surface area contributed by atoms with Gasteiger partial charge in [0.15, 0.2) is 0 Å². The van der Waals surface area contributed by atoms with Gasteiger partial charge in [-0.25, -0.2) is 0 Å². The van der Waals surface area contributed by atoms with E-state index in [2.05, 4.69) is 89.5 Å². The third kappa shape index (κ3) is 1.80. The summed E-state index contributed by atoms with van der Waals surface area (Å²) in [6.45, 7) is 0. The molecular weight excluding hydrogens is 278 g/mol. The van der Waals surface area contributed by atoms with Gasteiger partial charge in [0.2, 0.25) is 0 Å². The first-order chi connectivity index (χ1) is 11.4. The Morgan fingerprint density at radius 3 is 2.43 bits per heavy atom. The number of hydrogen-bond acceptors (Lipinski definition) is 0. The highest BCUT2D eigenvalue weighted by Crippen LogP contribution is 2.38. The van der Waals surface area contributed by atoms with Crippen LogP contribution in [0.5, 0.6) is 0 Å². The van der Waals surface area contributed by atoms with Crippen molar-refractivity contribution in [2.75, 3.05) is 0 Å². The minimum Gasteiger partial charge on any atom is -0.333 e. The minimum atomic E-state index is 0.392. The maximum Gasteiger partial charge on any atom is 0.0560 e. The molecule has 0 N–H and O–H groups in total. The Hall–Kier alpha value is -2.80. The summed E-state index contributed by atoms with van der Waals surface area (Å²) >= 11 is 0. The van der Waals surface area contributed by atoms with Crippen LogP contribution in [0.25, 0.3) is 32.6 Å². The molecule has 0 fully saturated rings. The fourth-order valence-corrected chi connectivity index (χ4v) is 3.89. The van der Waals surface area contributed by atoms with E-state index in [9.17, 15) is 0 Å². The van der Waals surface area contributed by atoms with E-state index >= 15 is 0 Å². The van der Waals surface area contributed by atoms with Gasteiger partial charge in [0.25, 0.3) is 0 Å². The molecule has 1 heterocycles. The molecule has 0 saturated heterocycles. The third-order valence-electron chi connectivity index (χ3n) is 4.89. The molecule has 0 bridgehead atoms. The molecule has 0 spiro atoms. The van der Waals surface area contributed by atoms with Gasteiger partial charge < -0.3 is 4.57 Å². The number of hydrogen-bond donors (Lipinski definition) is 0. The van der Waals surface area contributed by atoms with Crippen LogP contribution in [0.4, 0.5) is 0 Å². The van der Waals surface area contributed by atoms with E-state index in [1.165, 1.54) is 32.6 Å². The van der Waals surface area contributed by atoms with Crippen LogP contribution in [0.3, 0.4) is 0 Å². The Morgan fingerprint density at radius 1 is 0.739 bits per heavy atom. The summed E-state index contributed by atoms with van der Waals surface area (Å²) in [4.78, 5) is 0. The highest BCUT2D eigenvalue weighted by molar-refractivity contribution is 6.20. The van der Waals surface area contributed by atoms with Crippen molar-refractivity contribution in [1.82, 2.24) is 4.57 Å². The monoisotopic (exact) mass is 295 g/mol. The maximum atomic E-state index is 2.50. The topological polar surface area (TPSA) is 4.93 Å². The number of rotatable bonds is 1. The van der Waals surface area contributed by atoms with Crippen molar-refractivity contribution in [3.8, 4) is 0 Å². The zero-order valence-corrected chi connectivity index (χ0v) is 12.8. The zero-order chi connectivity index (χ0) is 15.2. The lowest BCUT2D eigenvalue weighted by Crippen LogP contribution is -2.06. The van der Waals surface area contributed by atoms with Gasteiger partial charge in [-0.15, -0.1) is 0 Å². The minimum absolute atomic E-state index is 0.392. The van der Waals surface area contributed by atoms with Crippen LogP contribution in [0, 0.1) is 0 Å². The smallest absolute Gasteiger partial charge is 0.0560 e. The summed E-state index contributed by atoms with van der Waals surface area (Å²) in [6.07, 6.45) is 9.92. The highest BCUT2D eigenvalue weighted by atomic mass is 15.0. The molecule has 5 rings (SSSR count). The molecule has 0 amide bonds. The van der Waals surface area contributed by atoms with Crippen molar-refractivity contribution in [3.05, 3.63) is 85.0 Å². The second-order valence-corrected chi connectivity index (χ2v) is 6.18. The van der Waals surface area contributed by atoms with Crippen molar-refractivity contribution in [3.63, 3.8) is 0 Å². The molecule has 1 atom stereocenters. The van der Waals surface area contributed by atoms with Gasteiger partial charge in [0.05, 0.1) is 11.6 Å². The van der Waals surface area contributed by atoms with E-state index in [-0.39, 0.29) is 0 Å². The zero-order valence-electron chi connectivity index (χ0n) is 12.8. The summed E-state index contributed by atoms with van der Waals surface area (Å²) < 4.78 is 2.50. The lowest BCUT2D eigenvalue weighted by Gasteiger charge is -2.18. The van der Waals surface area contributed by atoms with Crippen LogP contribution in [0.15, 0.2) is 85.0 Å². The molecule has 0 aliphatic heterocycles. The third-order valence-corrected chi connectivity index (χ3v) is 4.89. The van der Waals surface area contributed by atoms with E-state index in [1.807, 2.05) is 0 Å². The summed E-state index contributed by atoms with van der Waals surface area (Å²) in [7, 11) is 0. The van der Waals surface area contributed by atoms with E-state index in [0.29, 0.717) is 6.04 Å². The number of benzene rings is 3. The lowest BCUT2D eigenvalue weighted by molar-refractivity contribution is 0.648. The fraction of sp³-hybridized carbons (Fsp3) is 0.0909. The Morgan fingerprint density at radius 2 is 1.57 bits per heavy atom. The van der Waals surface area contributed by atoms with Gasteiger partial charge in [-0.05, 0) is 29.3 Å². The largest absolute Gasteiger partial charge is 0.333 e. The maximum absolute atomic E-state index is 2.50. The van der Waals surface area contributed by atoms with Crippen LogP contribution >= 0.6 is 0 Å². The first kappa shape index (κ1) is 12.7. The van der Waals surface area contributed by atoms with Crippen LogP contribution in [0.1, 0.15) is 12.5 Å². The number of para-hydroxylation sites is 1. The van der Waals surface area contributed by atoms with Crippen LogP contribution in [-0.2, 0) is 0 Å². The molecule has 23 heavy (non-hydrogen) atoms. The molecule has 1 aromatic heterocycles. The van der Waals surface area contributed by atoms with Gasteiger partial charge in [-0.3, -0.25) is 0 Å². The summed E-state index contributed by atoms with van der Waals surface area (Å²) in [5, 5.41) is 5.38. The Bertz CT molecular complexity index is 1100. The van der Waals surface area contributed by atoms with Crippen molar-refractivity contribution in [2.45, 2.75) is 12.5 Å². The number of aromatic nitrogens is 1. The van der Waals surface area contributed by atoms with Gasteiger partial charge in [-0.1, -0.05) is 72.8 Å². The molecule has 3 aromatic carbocycles. The Kier molecular flexibility index (Phi) is 2.68. The molecule has 1 aliphatic carbocycles. The van der Waals surface area contributed by atoms with E-state index in [1.54, 1.807) is 0 Å². The molecular formula is C22H17N. The van der Waals surface area contributed by atoms with Crippen molar-refractivity contribution >= 4 is 32.6 Å². The fourth-order valence-electron chi connectivity index (χ4n) is 3.89. The van der Waals surface area contributed by atoms with Gasteiger partial charge in [0.1, 0.15) is 0 Å². The number of fused-ring (bicyclic) bond motifs is 5. The van der Waals surface area contributed by atoms with E-state index in [4.69, 9.17) is 0 Å². The van der Waals surface area contributed by atoms with Gasteiger partial charge in [-0.2, -0.15) is 0 Å². The van der Waals surface area contributed by atoms with Crippen LogP contribution < -0.4 is 0 Å². The molecule has 1 heteroatoms. The van der Waals surface area contributed by atoms with Crippen LogP contribution in [-0.4, -0.2) is 4.57 Å². The summed E-state index contributed by atoms with van der Waals surface area (Å²) in [6, 6.07) is 22.4. The first-order valence-corrected chi connectivity index (χ1v) is 8.17. The molecule has 0 radical (unpaired) electrons. The lowest BCUT2D eigenvalue weighted by atomic mass is 10.0. The SMILES string of the molecule is C1=CCC(n2c3ccccc3c3c4ccccc4ccc32)C=C1. The van der Waals surface area contributed by atoms with E-state index in [0.717, 1.165) is 6.42 Å². The second-order valence-electron chi connectivity index (χ2n) is 6.18. The molecule has 110 valence electrons. The normalized spacial score (nSPS) is 17.5. The number of allylic oxidation sites excluding steroid dienone is 4. The Balaban J connectivity index is 1.98. The first-order valence-electron chi connectivity index (χ1n) is 8.17. The quantitative estimate of drug-likeness (QED) is 0.405. The second kappa shape index (κ2) is 4.85. The standard InChI is InChI=1S/C22H17N/c1-2-9-17(10-3-1)23-20-13-7-6-12-19(20)22-18-11-5-4-8-16(18)14-15-21(22)23/h1-9,11-15,17H,10H2. The predicted octanol–water partition coefficient (Wildman–Crippen LogP) is 6.00. The van der Waals surface area contributed by atoms with Crippen LogP contribution in [0.2, 0.25) is 0 Å². The molecule has 4 aromatic rings. The average Bonchev–Trinajstić information content (AvgIpc) is 2.97. The molecule has 1 aliphatic rings. The predicted molar refractivity (Wildman–Crippen MR) is 98.9 cm³/mol. The highest BCUT2D eigenvalue weighted by Gasteiger charge is 2.17.